The normalized spacial score (nSPS) is 27.4. The van der Waals surface area contributed by atoms with Gasteiger partial charge in [0.2, 0.25) is 5.78 Å². The molecular formula is C16H12BrF3O3. The van der Waals surface area contributed by atoms with Crippen LogP contribution in [0.4, 0.5) is 13.2 Å². The highest BCUT2D eigenvalue weighted by Crippen LogP contribution is 2.49. The lowest BCUT2D eigenvalue weighted by molar-refractivity contribution is -0.178. The van der Waals surface area contributed by atoms with Gasteiger partial charge in [0.1, 0.15) is 5.78 Å². The number of fused-ring (bicyclic) bond motifs is 1. The fourth-order valence-electron chi connectivity index (χ4n) is 3.59. The van der Waals surface area contributed by atoms with E-state index in [-0.39, 0.29) is 31.5 Å². The number of hydrogen-bond donors (Lipinski definition) is 0. The van der Waals surface area contributed by atoms with Gasteiger partial charge in [-0.25, -0.2) is 0 Å². The Balaban J connectivity index is 1.94. The third-order valence-electron chi connectivity index (χ3n) is 4.76. The van der Waals surface area contributed by atoms with Crippen LogP contribution in [0.3, 0.4) is 0 Å². The van der Waals surface area contributed by atoms with Crippen LogP contribution in [0.1, 0.15) is 35.2 Å². The summed E-state index contributed by atoms with van der Waals surface area (Å²) in [5.41, 5.74) is 0.153. The number of carbonyl (C=O) groups excluding carboxylic acids is 3. The molecule has 122 valence electrons. The minimum Gasteiger partial charge on any atom is -0.299 e. The number of benzene rings is 1. The van der Waals surface area contributed by atoms with Gasteiger partial charge < -0.3 is 0 Å². The van der Waals surface area contributed by atoms with E-state index in [0.717, 1.165) is 5.56 Å². The summed E-state index contributed by atoms with van der Waals surface area (Å²) >= 11 is 3.27. The summed E-state index contributed by atoms with van der Waals surface area (Å²) in [6, 6.07) is 5.16. The minimum atomic E-state index is -5.06. The maximum absolute atomic E-state index is 12.7. The highest BCUT2D eigenvalue weighted by atomic mass is 79.9. The molecule has 0 N–H and O–H groups in total. The number of rotatable bonds is 1. The molecule has 2 aliphatic rings. The molecule has 1 aromatic carbocycles. The van der Waals surface area contributed by atoms with Crippen LogP contribution in [0.25, 0.3) is 0 Å². The molecule has 2 aliphatic carbocycles. The summed E-state index contributed by atoms with van der Waals surface area (Å²) in [7, 11) is 0. The van der Waals surface area contributed by atoms with Gasteiger partial charge in [-0.1, -0.05) is 22.0 Å². The summed E-state index contributed by atoms with van der Waals surface area (Å²) in [5.74, 6) is -4.78. The monoisotopic (exact) mass is 388 g/mol. The third kappa shape index (κ3) is 2.65. The molecule has 1 saturated carbocycles. The summed E-state index contributed by atoms with van der Waals surface area (Å²) in [4.78, 5) is 36.1. The SMILES string of the molecule is O=C1CCC2(Cc3ccc(Br)cc3C2=O)CC1C(=O)C(F)(F)F. The van der Waals surface area contributed by atoms with Crippen molar-refractivity contribution < 1.29 is 27.6 Å². The van der Waals surface area contributed by atoms with Gasteiger partial charge in [-0.3, -0.25) is 14.4 Å². The van der Waals surface area contributed by atoms with Crippen molar-refractivity contribution in [2.75, 3.05) is 0 Å². The van der Waals surface area contributed by atoms with Gasteiger partial charge in [0.05, 0.1) is 5.92 Å². The van der Waals surface area contributed by atoms with Crippen molar-refractivity contribution in [2.45, 2.75) is 31.9 Å². The lowest BCUT2D eigenvalue weighted by Gasteiger charge is -2.35. The Morgan fingerprint density at radius 3 is 2.61 bits per heavy atom. The second-order valence-electron chi connectivity index (χ2n) is 6.17. The molecule has 7 heteroatoms. The van der Waals surface area contributed by atoms with Crippen LogP contribution in [0.5, 0.6) is 0 Å². The van der Waals surface area contributed by atoms with E-state index in [2.05, 4.69) is 15.9 Å². The van der Waals surface area contributed by atoms with Crippen LogP contribution in [-0.4, -0.2) is 23.5 Å². The first-order valence-electron chi connectivity index (χ1n) is 7.11. The Bertz CT molecular complexity index is 726. The van der Waals surface area contributed by atoms with Gasteiger partial charge in [0, 0.05) is 21.9 Å². The summed E-state index contributed by atoms with van der Waals surface area (Å²) in [5, 5.41) is 0. The topological polar surface area (TPSA) is 51.2 Å². The van der Waals surface area contributed by atoms with Crippen molar-refractivity contribution in [1.29, 1.82) is 0 Å². The van der Waals surface area contributed by atoms with E-state index in [1.54, 1.807) is 18.2 Å². The number of hydrogen-bond acceptors (Lipinski definition) is 3. The Morgan fingerprint density at radius 2 is 1.96 bits per heavy atom. The van der Waals surface area contributed by atoms with Gasteiger partial charge in [-0.05, 0) is 37.0 Å². The number of alkyl halides is 3. The van der Waals surface area contributed by atoms with Crippen LogP contribution >= 0.6 is 15.9 Å². The smallest absolute Gasteiger partial charge is 0.299 e. The maximum atomic E-state index is 12.7. The highest BCUT2D eigenvalue weighted by Gasteiger charge is 2.55. The van der Waals surface area contributed by atoms with E-state index in [9.17, 15) is 27.6 Å². The molecule has 0 bridgehead atoms. The van der Waals surface area contributed by atoms with Crippen molar-refractivity contribution >= 4 is 33.3 Å². The molecule has 1 aromatic rings. The fraction of sp³-hybridized carbons (Fsp3) is 0.438. The van der Waals surface area contributed by atoms with Crippen molar-refractivity contribution in [3.05, 3.63) is 33.8 Å². The molecule has 1 fully saturated rings. The van der Waals surface area contributed by atoms with Crippen LogP contribution in [0.15, 0.2) is 22.7 Å². The van der Waals surface area contributed by atoms with Crippen LogP contribution in [0.2, 0.25) is 0 Å². The standard InChI is InChI=1S/C16H12BrF3O3/c17-9-2-1-8-6-15(13(22)10(8)5-9)4-3-12(21)11(7-15)14(23)16(18,19)20/h1-2,5,11H,3-4,6-7H2. The number of halogens is 4. The molecule has 2 atom stereocenters. The van der Waals surface area contributed by atoms with E-state index < -0.39 is 29.1 Å². The van der Waals surface area contributed by atoms with Crippen LogP contribution in [-0.2, 0) is 16.0 Å². The predicted molar refractivity (Wildman–Crippen MR) is 78.0 cm³/mol. The Labute approximate surface area is 138 Å². The highest BCUT2D eigenvalue weighted by molar-refractivity contribution is 9.10. The molecule has 23 heavy (non-hydrogen) atoms. The zero-order chi connectivity index (χ0) is 17.0. The van der Waals surface area contributed by atoms with E-state index in [4.69, 9.17) is 0 Å². The summed E-state index contributed by atoms with van der Waals surface area (Å²) < 4.78 is 38.8. The number of ketones is 3. The molecule has 3 rings (SSSR count). The Hall–Kier alpha value is -1.50. The Morgan fingerprint density at radius 1 is 1.26 bits per heavy atom. The van der Waals surface area contributed by atoms with Crippen molar-refractivity contribution in [3.63, 3.8) is 0 Å². The van der Waals surface area contributed by atoms with Gasteiger partial charge in [-0.2, -0.15) is 13.2 Å². The lowest BCUT2D eigenvalue weighted by Crippen LogP contribution is -2.45. The maximum Gasteiger partial charge on any atom is 0.450 e. The number of Topliss-reactive ketones (excluding diaryl/α,β-unsaturated/α-hetero) is 3. The van der Waals surface area contributed by atoms with Gasteiger partial charge in [0.15, 0.2) is 5.78 Å². The molecule has 0 amide bonds. The van der Waals surface area contributed by atoms with Gasteiger partial charge in [-0.15, -0.1) is 0 Å². The Kier molecular flexibility index (Phi) is 3.74. The van der Waals surface area contributed by atoms with Crippen molar-refractivity contribution in [3.8, 4) is 0 Å². The predicted octanol–water partition coefficient (Wildman–Crippen LogP) is 3.67. The molecule has 1 spiro atoms. The summed E-state index contributed by atoms with van der Waals surface area (Å²) in [6.45, 7) is 0. The molecule has 2 unspecified atom stereocenters. The molecule has 0 radical (unpaired) electrons. The van der Waals surface area contributed by atoms with E-state index in [1.807, 2.05) is 0 Å². The van der Waals surface area contributed by atoms with Crippen molar-refractivity contribution in [1.82, 2.24) is 0 Å². The van der Waals surface area contributed by atoms with E-state index >= 15 is 0 Å². The van der Waals surface area contributed by atoms with Crippen LogP contribution in [0, 0.1) is 11.3 Å². The zero-order valence-corrected chi connectivity index (χ0v) is 13.5. The first-order valence-corrected chi connectivity index (χ1v) is 7.90. The largest absolute Gasteiger partial charge is 0.450 e. The molecular weight excluding hydrogens is 377 g/mol. The van der Waals surface area contributed by atoms with Crippen LogP contribution < -0.4 is 0 Å². The third-order valence-corrected chi connectivity index (χ3v) is 5.25. The molecule has 0 saturated heterocycles. The fourth-order valence-corrected chi connectivity index (χ4v) is 3.95. The molecule has 3 nitrogen and oxygen atoms in total. The van der Waals surface area contributed by atoms with Gasteiger partial charge in [0.25, 0.3) is 0 Å². The average molecular weight is 389 g/mol. The van der Waals surface area contributed by atoms with Crippen molar-refractivity contribution in [2.24, 2.45) is 11.3 Å². The van der Waals surface area contributed by atoms with E-state index in [0.29, 0.717) is 10.0 Å². The first-order chi connectivity index (χ1) is 10.6. The molecule has 0 aromatic heterocycles. The molecule has 0 heterocycles. The second kappa shape index (κ2) is 5.26. The second-order valence-corrected chi connectivity index (χ2v) is 7.09. The zero-order valence-electron chi connectivity index (χ0n) is 11.9. The van der Waals surface area contributed by atoms with E-state index in [1.165, 1.54) is 0 Å². The quantitative estimate of drug-likeness (QED) is 0.689. The molecule has 0 aliphatic heterocycles. The first kappa shape index (κ1) is 16.4. The number of carbonyl (C=O) groups is 3. The lowest BCUT2D eigenvalue weighted by atomic mass is 9.65. The average Bonchev–Trinajstić information content (AvgIpc) is 2.73. The minimum absolute atomic E-state index is 0.173. The summed E-state index contributed by atoms with van der Waals surface area (Å²) in [6.07, 6.45) is -5.11. The van der Waals surface area contributed by atoms with Gasteiger partial charge >= 0.3 is 6.18 Å².